The fraction of sp³-hybridized carbons (Fsp3) is 0.292. The molecule has 3 N–H and O–H groups in total. The third-order valence-corrected chi connectivity index (χ3v) is 6.07. The Hall–Kier alpha value is -3.10. The van der Waals surface area contributed by atoms with Crippen LogP contribution >= 0.6 is 11.8 Å². The average molecular weight is 452 g/mol. The van der Waals surface area contributed by atoms with E-state index in [4.69, 9.17) is 10.5 Å². The highest BCUT2D eigenvalue weighted by Gasteiger charge is 2.22. The lowest BCUT2D eigenvalue weighted by atomic mass is 10.1. The van der Waals surface area contributed by atoms with Gasteiger partial charge in [0.1, 0.15) is 17.2 Å². The van der Waals surface area contributed by atoms with Crippen LogP contribution in [-0.2, 0) is 0 Å². The molecule has 0 aliphatic carbocycles. The van der Waals surface area contributed by atoms with E-state index in [1.807, 2.05) is 73.1 Å². The molecule has 32 heavy (non-hydrogen) atoms. The van der Waals surface area contributed by atoms with Gasteiger partial charge in [0.25, 0.3) is 5.56 Å². The summed E-state index contributed by atoms with van der Waals surface area (Å²) >= 11 is 1.39. The quantitative estimate of drug-likeness (QED) is 0.221. The predicted molar refractivity (Wildman–Crippen MR) is 133 cm³/mol. The third kappa shape index (κ3) is 4.71. The zero-order chi connectivity index (χ0) is 23.4. The summed E-state index contributed by atoms with van der Waals surface area (Å²) in [5.41, 5.74) is 4.73. The lowest BCUT2D eigenvalue weighted by Crippen LogP contribution is -2.34. The van der Waals surface area contributed by atoms with Crippen LogP contribution in [0.25, 0.3) is 17.1 Å². The highest BCUT2D eigenvalue weighted by molar-refractivity contribution is 7.98. The van der Waals surface area contributed by atoms with Crippen molar-refractivity contribution in [2.75, 3.05) is 38.4 Å². The molecular weight excluding hydrogens is 422 g/mol. The van der Waals surface area contributed by atoms with Gasteiger partial charge >= 0.3 is 0 Å². The molecule has 168 valence electrons. The van der Waals surface area contributed by atoms with Crippen LogP contribution in [0.15, 0.2) is 52.3 Å². The van der Waals surface area contributed by atoms with Crippen LogP contribution < -0.4 is 15.8 Å². The van der Waals surface area contributed by atoms with E-state index in [1.54, 1.807) is 0 Å². The van der Waals surface area contributed by atoms with Gasteiger partial charge in [0.05, 0.1) is 11.6 Å². The molecule has 0 spiro atoms. The summed E-state index contributed by atoms with van der Waals surface area (Å²) in [6.07, 6.45) is 1.88. The summed E-state index contributed by atoms with van der Waals surface area (Å²) in [7, 11) is 3.95. The second-order valence-corrected chi connectivity index (χ2v) is 8.49. The van der Waals surface area contributed by atoms with E-state index < -0.39 is 5.56 Å². The Bertz CT molecular complexity index is 1190. The van der Waals surface area contributed by atoms with E-state index in [0.717, 1.165) is 22.5 Å². The zero-order valence-electron chi connectivity index (χ0n) is 19.1. The first-order valence-electron chi connectivity index (χ1n) is 10.3. The summed E-state index contributed by atoms with van der Waals surface area (Å²) in [5, 5.41) is 21.0. The molecule has 1 aromatic heterocycles. The Kier molecular flexibility index (Phi) is 7.37. The molecule has 2 aromatic carbocycles. The summed E-state index contributed by atoms with van der Waals surface area (Å²) in [5.74, 6) is 0.472. The van der Waals surface area contributed by atoms with Gasteiger partial charge in [0.15, 0.2) is 0 Å². The van der Waals surface area contributed by atoms with Crippen molar-refractivity contribution >= 4 is 23.3 Å². The van der Waals surface area contributed by atoms with Crippen molar-refractivity contribution in [1.82, 2.24) is 14.9 Å². The second kappa shape index (κ2) is 10.0. The number of hydrogen-bond donors (Lipinski definition) is 3. The highest BCUT2D eigenvalue weighted by atomic mass is 32.2. The van der Waals surface area contributed by atoms with Gasteiger partial charge in [-0.05, 0) is 67.6 Å². The molecule has 7 nitrogen and oxygen atoms in total. The number of nitrogens with one attached hydrogen (secondary N) is 2. The second-order valence-electron chi connectivity index (χ2n) is 7.70. The Balaban J connectivity index is 2.33. The van der Waals surface area contributed by atoms with E-state index in [-0.39, 0.29) is 24.6 Å². The van der Waals surface area contributed by atoms with Crippen molar-refractivity contribution in [1.29, 1.82) is 5.41 Å². The molecule has 3 aromatic rings. The van der Waals surface area contributed by atoms with Crippen LogP contribution in [0.3, 0.4) is 0 Å². The van der Waals surface area contributed by atoms with Crippen molar-refractivity contribution in [3.8, 4) is 17.1 Å². The van der Waals surface area contributed by atoms with E-state index in [9.17, 15) is 4.79 Å². The van der Waals surface area contributed by atoms with Crippen LogP contribution in [0.4, 0.5) is 5.69 Å². The molecule has 0 radical (unpaired) electrons. The van der Waals surface area contributed by atoms with E-state index >= 15 is 0 Å². The first kappa shape index (κ1) is 23.6. The zero-order valence-corrected chi connectivity index (χ0v) is 19.9. The molecule has 0 atom stereocenters. The first-order valence-corrected chi connectivity index (χ1v) is 11.5. The first-order chi connectivity index (χ1) is 15.3. The SMILES string of the molecule is CSc1c(C(=N)NCCO)c(=O)nc(-c2ccc(N(C)C)cc2)n1-c1ccc(C)c(C)c1. The Morgan fingerprint density at radius 2 is 1.84 bits per heavy atom. The van der Waals surface area contributed by atoms with Crippen molar-refractivity contribution in [2.45, 2.75) is 18.9 Å². The number of anilines is 1. The number of aliphatic hydroxyl groups excluding tert-OH is 1. The number of aliphatic hydroxyl groups is 1. The van der Waals surface area contributed by atoms with E-state index in [0.29, 0.717) is 10.9 Å². The largest absolute Gasteiger partial charge is 0.395 e. The number of aromatic nitrogens is 2. The minimum absolute atomic E-state index is 0.0482. The molecule has 0 saturated carbocycles. The third-order valence-electron chi connectivity index (χ3n) is 5.30. The number of rotatable bonds is 7. The fourth-order valence-corrected chi connectivity index (χ4v) is 4.15. The molecule has 3 rings (SSSR count). The standard InChI is InChI=1S/C24H29N5O2S/c1-15-6-9-19(14-16(15)2)29-22(17-7-10-18(11-8-17)28(3)4)27-23(31)20(24(29)32-5)21(25)26-12-13-30/h6-11,14,30H,12-13H2,1-5H3,(H2,25,26). The van der Waals surface area contributed by atoms with E-state index in [2.05, 4.69) is 23.3 Å². The van der Waals surface area contributed by atoms with Crippen molar-refractivity contribution in [3.63, 3.8) is 0 Å². The number of thioether (sulfide) groups is 1. The summed E-state index contributed by atoms with van der Waals surface area (Å²) in [6, 6.07) is 14.0. The summed E-state index contributed by atoms with van der Waals surface area (Å²) < 4.78 is 1.94. The minimum atomic E-state index is -0.475. The summed E-state index contributed by atoms with van der Waals surface area (Å²) in [6.45, 7) is 4.15. The van der Waals surface area contributed by atoms with Crippen molar-refractivity contribution in [2.24, 2.45) is 0 Å². The average Bonchev–Trinajstić information content (AvgIpc) is 2.78. The molecule has 0 bridgehead atoms. The lowest BCUT2D eigenvalue weighted by molar-refractivity contribution is 0.300. The fourth-order valence-electron chi connectivity index (χ4n) is 3.38. The molecule has 0 amide bonds. The number of aryl methyl sites for hydroxylation is 2. The van der Waals surface area contributed by atoms with Crippen molar-refractivity contribution < 1.29 is 5.11 Å². The number of nitrogens with zero attached hydrogens (tertiary/aromatic N) is 3. The molecule has 0 aliphatic rings. The van der Waals surface area contributed by atoms with Crippen LogP contribution in [-0.4, -0.2) is 54.0 Å². The minimum Gasteiger partial charge on any atom is -0.395 e. The maximum Gasteiger partial charge on any atom is 0.285 e. The van der Waals surface area contributed by atoms with Crippen LogP contribution in [0.5, 0.6) is 0 Å². The lowest BCUT2D eigenvalue weighted by Gasteiger charge is -2.21. The maximum absolute atomic E-state index is 13.1. The molecule has 0 saturated heterocycles. The maximum atomic E-state index is 13.1. The number of hydrogen-bond acceptors (Lipinski definition) is 6. The highest BCUT2D eigenvalue weighted by Crippen LogP contribution is 2.30. The molecular formula is C24H29N5O2S. The predicted octanol–water partition coefficient (Wildman–Crippen LogP) is 3.21. The van der Waals surface area contributed by atoms with Gasteiger partial charge in [0.2, 0.25) is 0 Å². The molecule has 1 heterocycles. The monoisotopic (exact) mass is 451 g/mol. The van der Waals surface area contributed by atoms with Crippen LogP contribution in [0.1, 0.15) is 16.7 Å². The van der Waals surface area contributed by atoms with Gasteiger partial charge in [0, 0.05) is 37.6 Å². The Labute approximate surface area is 192 Å². The molecule has 0 unspecified atom stereocenters. The topological polar surface area (TPSA) is 94.2 Å². The van der Waals surface area contributed by atoms with E-state index in [1.165, 1.54) is 17.3 Å². The van der Waals surface area contributed by atoms with Gasteiger partial charge < -0.3 is 15.3 Å². The number of amidine groups is 1. The van der Waals surface area contributed by atoms with Crippen LogP contribution in [0.2, 0.25) is 0 Å². The summed E-state index contributed by atoms with van der Waals surface area (Å²) in [4.78, 5) is 19.5. The number of benzene rings is 2. The Morgan fingerprint density at radius 1 is 1.16 bits per heavy atom. The smallest absolute Gasteiger partial charge is 0.285 e. The normalized spacial score (nSPS) is 10.8. The van der Waals surface area contributed by atoms with Gasteiger partial charge in [-0.15, -0.1) is 11.8 Å². The molecule has 0 fully saturated rings. The van der Waals surface area contributed by atoms with Gasteiger partial charge in [-0.25, -0.2) is 0 Å². The molecule has 0 aliphatic heterocycles. The molecule has 8 heteroatoms. The van der Waals surface area contributed by atoms with Gasteiger partial charge in [-0.2, -0.15) is 4.98 Å². The van der Waals surface area contributed by atoms with Gasteiger partial charge in [-0.3, -0.25) is 14.8 Å². The van der Waals surface area contributed by atoms with Crippen LogP contribution in [0, 0.1) is 19.3 Å². The van der Waals surface area contributed by atoms with Gasteiger partial charge in [-0.1, -0.05) is 6.07 Å². The Morgan fingerprint density at radius 3 is 2.41 bits per heavy atom. The van der Waals surface area contributed by atoms with Crippen molar-refractivity contribution in [3.05, 3.63) is 69.5 Å².